The Kier molecular flexibility index (Phi) is 5.15. The topological polar surface area (TPSA) is 32.3 Å². The van der Waals surface area contributed by atoms with E-state index in [1.54, 1.807) is 12.1 Å². The van der Waals surface area contributed by atoms with Crippen LogP contribution in [0.2, 0.25) is 0 Å². The maximum absolute atomic E-state index is 13.7. The van der Waals surface area contributed by atoms with Crippen LogP contribution in [0.5, 0.6) is 0 Å². The second-order valence-corrected chi connectivity index (χ2v) is 6.81. The normalized spacial score (nSPS) is 14.6. The molecule has 1 fully saturated rings. The maximum atomic E-state index is 13.7. The van der Waals surface area contributed by atoms with Crippen LogP contribution in [0.4, 0.5) is 15.8 Å². The Bertz CT molecular complexity index is 714. The Morgan fingerprint density at radius 1 is 1.09 bits per heavy atom. The van der Waals surface area contributed by atoms with Crippen LogP contribution < -0.4 is 10.2 Å². The molecule has 3 nitrogen and oxygen atoms in total. The first-order chi connectivity index (χ1) is 11.1. The second kappa shape index (κ2) is 7.29. The van der Waals surface area contributed by atoms with Crippen LogP contribution in [0.15, 0.2) is 42.5 Å². The molecule has 1 aliphatic heterocycles. The van der Waals surface area contributed by atoms with E-state index in [1.165, 1.54) is 18.6 Å². The van der Waals surface area contributed by atoms with Crippen molar-refractivity contribution in [3.05, 3.63) is 57.4 Å². The lowest BCUT2D eigenvalue weighted by molar-refractivity contribution is 0.102. The van der Waals surface area contributed by atoms with Gasteiger partial charge in [-0.25, -0.2) is 4.39 Å². The van der Waals surface area contributed by atoms with E-state index in [2.05, 4.69) is 32.8 Å². The Labute approximate surface area is 149 Å². The molecule has 3 rings (SSSR count). The zero-order valence-electron chi connectivity index (χ0n) is 12.7. The SMILES string of the molecule is O=C(Nc1cc(F)ccc1N1CCCCC1)c1ccccc1I. The van der Waals surface area contributed by atoms with Gasteiger partial charge in [0.05, 0.1) is 16.9 Å². The third kappa shape index (κ3) is 3.83. The van der Waals surface area contributed by atoms with Gasteiger partial charge >= 0.3 is 0 Å². The number of benzene rings is 2. The number of anilines is 2. The molecule has 1 aliphatic rings. The van der Waals surface area contributed by atoms with Crippen LogP contribution in [0.3, 0.4) is 0 Å². The van der Waals surface area contributed by atoms with Gasteiger partial charge in [-0.15, -0.1) is 0 Å². The van der Waals surface area contributed by atoms with Gasteiger partial charge < -0.3 is 10.2 Å². The van der Waals surface area contributed by atoms with Crippen molar-refractivity contribution in [2.75, 3.05) is 23.3 Å². The number of carbonyl (C=O) groups excluding carboxylic acids is 1. The minimum atomic E-state index is -0.344. The minimum absolute atomic E-state index is 0.209. The summed E-state index contributed by atoms with van der Waals surface area (Å²) < 4.78 is 14.5. The van der Waals surface area contributed by atoms with Crippen molar-refractivity contribution in [1.29, 1.82) is 0 Å². The molecule has 0 saturated carbocycles. The molecule has 0 aromatic heterocycles. The van der Waals surface area contributed by atoms with Crippen LogP contribution in [-0.4, -0.2) is 19.0 Å². The van der Waals surface area contributed by atoms with Crippen LogP contribution >= 0.6 is 22.6 Å². The smallest absolute Gasteiger partial charge is 0.256 e. The largest absolute Gasteiger partial charge is 0.370 e. The third-order valence-corrected chi connectivity index (χ3v) is 4.96. The van der Waals surface area contributed by atoms with Crippen molar-refractivity contribution in [2.45, 2.75) is 19.3 Å². The Hall–Kier alpha value is -1.63. The predicted octanol–water partition coefficient (Wildman–Crippen LogP) is 4.67. The molecule has 5 heteroatoms. The molecule has 0 radical (unpaired) electrons. The molecular weight excluding hydrogens is 406 g/mol. The molecule has 0 bridgehead atoms. The van der Waals surface area contributed by atoms with E-state index >= 15 is 0 Å². The number of nitrogens with one attached hydrogen (secondary N) is 1. The molecule has 0 unspecified atom stereocenters. The molecule has 1 heterocycles. The summed E-state index contributed by atoms with van der Waals surface area (Å²) in [6.07, 6.45) is 3.48. The fourth-order valence-electron chi connectivity index (χ4n) is 2.85. The van der Waals surface area contributed by atoms with Gasteiger partial charge in [-0.2, -0.15) is 0 Å². The lowest BCUT2D eigenvalue weighted by atomic mass is 10.1. The summed E-state index contributed by atoms with van der Waals surface area (Å²) in [5.74, 6) is -0.553. The van der Waals surface area contributed by atoms with Crippen LogP contribution in [0.1, 0.15) is 29.6 Å². The first-order valence-corrected chi connectivity index (χ1v) is 8.83. The molecule has 1 N–H and O–H groups in total. The lowest BCUT2D eigenvalue weighted by Crippen LogP contribution is -2.30. The number of carbonyl (C=O) groups is 1. The van der Waals surface area contributed by atoms with E-state index in [0.717, 1.165) is 35.2 Å². The average molecular weight is 424 g/mol. The highest BCUT2D eigenvalue weighted by molar-refractivity contribution is 14.1. The summed E-state index contributed by atoms with van der Waals surface area (Å²) in [4.78, 5) is 14.7. The summed E-state index contributed by atoms with van der Waals surface area (Å²) in [6.45, 7) is 1.88. The van der Waals surface area contributed by atoms with E-state index in [4.69, 9.17) is 0 Å². The van der Waals surface area contributed by atoms with Gasteiger partial charge in [-0.3, -0.25) is 4.79 Å². The third-order valence-electron chi connectivity index (χ3n) is 4.02. The van der Waals surface area contributed by atoms with E-state index in [-0.39, 0.29) is 11.7 Å². The summed E-state index contributed by atoms with van der Waals surface area (Å²) in [5.41, 5.74) is 2.03. The van der Waals surface area contributed by atoms with Crippen LogP contribution in [0, 0.1) is 9.39 Å². The molecular formula is C18H18FIN2O. The Morgan fingerprint density at radius 2 is 1.83 bits per heavy atom. The van der Waals surface area contributed by atoms with Crippen molar-refractivity contribution in [3.8, 4) is 0 Å². The zero-order chi connectivity index (χ0) is 16.2. The van der Waals surface area contributed by atoms with E-state index < -0.39 is 0 Å². The van der Waals surface area contributed by atoms with Crippen LogP contribution in [-0.2, 0) is 0 Å². The van der Waals surface area contributed by atoms with Gasteiger partial charge in [-0.05, 0) is 72.2 Å². The fourth-order valence-corrected chi connectivity index (χ4v) is 3.49. The molecule has 2 aromatic rings. The Balaban J connectivity index is 1.88. The van der Waals surface area contributed by atoms with Crippen LogP contribution in [0.25, 0.3) is 0 Å². The van der Waals surface area contributed by atoms with Gasteiger partial charge in [0.2, 0.25) is 0 Å². The van der Waals surface area contributed by atoms with Crippen molar-refractivity contribution < 1.29 is 9.18 Å². The molecule has 120 valence electrons. The first kappa shape index (κ1) is 16.2. The number of amides is 1. The van der Waals surface area contributed by atoms with Crippen molar-refractivity contribution >= 4 is 39.9 Å². The molecule has 23 heavy (non-hydrogen) atoms. The number of halogens is 2. The summed E-state index contributed by atoms with van der Waals surface area (Å²) in [5, 5.41) is 2.88. The molecule has 0 atom stereocenters. The second-order valence-electron chi connectivity index (χ2n) is 5.64. The number of piperidine rings is 1. The molecule has 1 saturated heterocycles. The number of rotatable bonds is 3. The Morgan fingerprint density at radius 3 is 2.57 bits per heavy atom. The van der Waals surface area contributed by atoms with Crippen molar-refractivity contribution in [2.24, 2.45) is 0 Å². The van der Waals surface area contributed by atoms with Gasteiger partial charge in [-0.1, -0.05) is 12.1 Å². The van der Waals surface area contributed by atoms with E-state index in [0.29, 0.717) is 11.3 Å². The van der Waals surface area contributed by atoms with Gasteiger partial charge in [0, 0.05) is 16.7 Å². The van der Waals surface area contributed by atoms with Crippen molar-refractivity contribution in [3.63, 3.8) is 0 Å². The predicted molar refractivity (Wildman–Crippen MR) is 99.6 cm³/mol. The number of hydrogen-bond acceptors (Lipinski definition) is 2. The summed E-state index contributed by atoms with van der Waals surface area (Å²) in [7, 11) is 0. The number of hydrogen-bond donors (Lipinski definition) is 1. The number of nitrogens with zero attached hydrogens (tertiary/aromatic N) is 1. The molecule has 0 spiro atoms. The van der Waals surface area contributed by atoms with Crippen molar-refractivity contribution in [1.82, 2.24) is 0 Å². The minimum Gasteiger partial charge on any atom is -0.370 e. The molecule has 1 amide bonds. The average Bonchev–Trinajstić information content (AvgIpc) is 2.56. The standard InChI is InChI=1S/C18H18FIN2O/c19-13-8-9-17(22-10-4-1-5-11-22)16(12-13)21-18(23)14-6-2-3-7-15(14)20/h2-3,6-9,12H,1,4-5,10-11H2,(H,21,23). The summed E-state index contributed by atoms with van der Waals surface area (Å²) in [6, 6.07) is 12.0. The maximum Gasteiger partial charge on any atom is 0.256 e. The van der Waals surface area contributed by atoms with Gasteiger partial charge in [0.25, 0.3) is 5.91 Å². The fraction of sp³-hybridized carbons (Fsp3) is 0.278. The first-order valence-electron chi connectivity index (χ1n) is 7.75. The zero-order valence-corrected chi connectivity index (χ0v) is 14.8. The monoisotopic (exact) mass is 424 g/mol. The highest BCUT2D eigenvalue weighted by Gasteiger charge is 2.18. The quantitative estimate of drug-likeness (QED) is 0.727. The highest BCUT2D eigenvalue weighted by atomic mass is 127. The van der Waals surface area contributed by atoms with E-state index in [9.17, 15) is 9.18 Å². The molecule has 0 aliphatic carbocycles. The van der Waals surface area contributed by atoms with E-state index in [1.807, 2.05) is 18.2 Å². The highest BCUT2D eigenvalue weighted by Crippen LogP contribution is 2.30. The molecule has 2 aromatic carbocycles. The van der Waals surface area contributed by atoms with Gasteiger partial charge in [0.15, 0.2) is 0 Å². The lowest BCUT2D eigenvalue weighted by Gasteiger charge is -2.30. The van der Waals surface area contributed by atoms with Gasteiger partial charge in [0.1, 0.15) is 5.82 Å². The summed E-state index contributed by atoms with van der Waals surface area (Å²) >= 11 is 2.13.